The first-order valence-corrected chi connectivity index (χ1v) is 4.75. The molecule has 86 valence electrons. The van der Waals surface area contributed by atoms with Gasteiger partial charge in [0.15, 0.2) is 30.5 Å². The predicted octanol–water partition coefficient (Wildman–Crippen LogP) is -2.73. The maximum atomic E-state index is 8.66. The fraction of sp³-hybridized carbons (Fsp3) is 0.0909. The van der Waals surface area contributed by atoms with Gasteiger partial charge in [-0.3, -0.25) is 0 Å². The molecule has 0 aliphatic heterocycles. The van der Waals surface area contributed by atoms with Crippen LogP contribution in [0.15, 0.2) is 36.8 Å². The number of hydrogen-bond donors (Lipinski definition) is 1. The molecule has 6 heteroatoms. The van der Waals surface area contributed by atoms with Gasteiger partial charge in [0.1, 0.15) is 11.8 Å². The minimum atomic E-state index is 0. The number of hydrogen-bond acceptors (Lipinski definition) is 4. The first-order chi connectivity index (χ1) is 7.79. The quantitative estimate of drug-likeness (QED) is 0.585. The summed E-state index contributed by atoms with van der Waals surface area (Å²) >= 11 is 0. The van der Waals surface area contributed by atoms with Crippen LogP contribution in [0.1, 0.15) is 11.4 Å². The number of nitriles is 1. The zero-order valence-corrected chi connectivity index (χ0v) is 9.67. The van der Waals surface area contributed by atoms with Gasteiger partial charge < -0.3 is 18.1 Å². The summed E-state index contributed by atoms with van der Waals surface area (Å²) in [6.45, 7) is 0.587. The number of aromatic nitrogens is 3. The number of nitrogens with two attached hydrogens (primary N) is 1. The predicted molar refractivity (Wildman–Crippen MR) is 56.9 cm³/mol. The van der Waals surface area contributed by atoms with Crippen molar-refractivity contribution in [2.45, 2.75) is 6.54 Å². The normalized spacial score (nSPS) is 9.12. The van der Waals surface area contributed by atoms with Crippen molar-refractivity contribution in [3.63, 3.8) is 0 Å². The zero-order chi connectivity index (χ0) is 11.4. The van der Waals surface area contributed by atoms with E-state index < -0.39 is 0 Å². The third kappa shape index (κ3) is 3.13. The van der Waals surface area contributed by atoms with Gasteiger partial charge in [0.25, 0.3) is 0 Å². The maximum Gasteiger partial charge on any atom is 0.192 e. The molecule has 2 rings (SSSR count). The van der Waals surface area contributed by atoms with Crippen molar-refractivity contribution in [3.05, 3.63) is 48.2 Å². The molecule has 0 atom stereocenters. The number of anilines is 1. The van der Waals surface area contributed by atoms with Crippen LogP contribution in [0, 0.1) is 11.3 Å². The van der Waals surface area contributed by atoms with E-state index in [9.17, 15) is 0 Å². The summed E-state index contributed by atoms with van der Waals surface area (Å²) < 4.78 is 1.95. The Hall–Kier alpha value is -2.19. The first kappa shape index (κ1) is 12.9. The molecule has 0 aromatic carbocycles. The molecule has 2 N–H and O–H groups in total. The molecule has 0 aliphatic carbocycles. The number of rotatable bonds is 2. The van der Waals surface area contributed by atoms with Gasteiger partial charge in [0.05, 0.1) is 6.20 Å². The fourth-order valence-electron chi connectivity index (χ4n) is 1.33. The van der Waals surface area contributed by atoms with E-state index in [-0.39, 0.29) is 23.9 Å². The van der Waals surface area contributed by atoms with Crippen LogP contribution in [0.25, 0.3) is 0 Å². The van der Waals surface area contributed by atoms with Crippen LogP contribution >= 0.6 is 0 Å². The van der Waals surface area contributed by atoms with Gasteiger partial charge in [-0.15, -0.1) is 0 Å². The summed E-state index contributed by atoms with van der Waals surface area (Å²) in [4.78, 5) is 8.04. The van der Waals surface area contributed by atoms with Crippen molar-refractivity contribution in [2.75, 3.05) is 5.73 Å². The molecule has 0 saturated carbocycles. The Bertz CT molecular complexity index is 535. The molecule has 2 heterocycles. The molecule has 17 heavy (non-hydrogen) atoms. The van der Waals surface area contributed by atoms with E-state index in [0.717, 1.165) is 5.69 Å². The molecule has 0 unspecified atom stereocenters. The molecule has 0 saturated heterocycles. The van der Waals surface area contributed by atoms with Gasteiger partial charge in [0.2, 0.25) is 0 Å². The highest BCUT2D eigenvalue weighted by atomic mass is 35.5. The molecule has 0 radical (unpaired) electrons. The number of nitrogens with zero attached hydrogens (tertiary/aromatic N) is 4. The lowest BCUT2D eigenvalue weighted by Crippen LogP contribution is -3.00. The Morgan fingerprint density at radius 2 is 2.00 bits per heavy atom. The lowest BCUT2D eigenvalue weighted by Gasteiger charge is -1.99. The topological polar surface area (TPSA) is 79.5 Å². The van der Waals surface area contributed by atoms with Gasteiger partial charge in [-0.2, -0.15) is 9.83 Å². The van der Waals surface area contributed by atoms with Gasteiger partial charge in [0, 0.05) is 12.1 Å². The van der Waals surface area contributed by atoms with E-state index in [1.165, 1.54) is 0 Å². The molecule has 0 spiro atoms. The average Bonchev–Trinajstić information content (AvgIpc) is 2.31. The van der Waals surface area contributed by atoms with Crippen molar-refractivity contribution in [1.29, 1.82) is 5.26 Å². The highest BCUT2D eigenvalue weighted by Gasteiger charge is 2.07. The third-order valence-electron chi connectivity index (χ3n) is 2.08. The number of pyridine rings is 1. The Morgan fingerprint density at radius 3 is 2.59 bits per heavy atom. The van der Waals surface area contributed by atoms with Crippen LogP contribution in [-0.4, -0.2) is 9.97 Å². The van der Waals surface area contributed by atoms with E-state index in [1.807, 2.05) is 41.2 Å². The van der Waals surface area contributed by atoms with Crippen molar-refractivity contribution in [2.24, 2.45) is 0 Å². The van der Waals surface area contributed by atoms with Crippen molar-refractivity contribution in [1.82, 2.24) is 9.97 Å². The average molecular weight is 248 g/mol. The lowest BCUT2D eigenvalue weighted by atomic mass is 10.3. The second kappa shape index (κ2) is 5.77. The second-order valence-electron chi connectivity index (χ2n) is 3.25. The Labute approximate surface area is 105 Å². The van der Waals surface area contributed by atoms with Crippen LogP contribution in [0.4, 0.5) is 5.82 Å². The van der Waals surface area contributed by atoms with E-state index in [2.05, 4.69) is 9.97 Å². The molecule has 0 bridgehead atoms. The first-order valence-electron chi connectivity index (χ1n) is 4.75. The molecule has 2 aromatic heterocycles. The van der Waals surface area contributed by atoms with Gasteiger partial charge in [-0.05, 0) is 0 Å². The third-order valence-corrected chi connectivity index (χ3v) is 2.08. The molecule has 2 aromatic rings. The zero-order valence-electron chi connectivity index (χ0n) is 8.92. The summed E-state index contributed by atoms with van der Waals surface area (Å²) in [5, 5.41) is 8.66. The molecule has 0 amide bonds. The summed E-state index contributed by atoms with van der Waals surface area (Å²) in [5.74, 6) is 0.177. The molecular formula is C11H10ClN5. The van der Waals surface area contributed by atoms with Crippen molar-refractivity contribution < 1.29 is 17.0 Å². The lowest BCUT2D eigenvalue weighted by molar-refractivity contribution is -0.688. The highest BCUT2D eigenvalue weighted by molar-refractivity contribution is 5.42. The molecule has 0 fully saturated rings. The highest BCUT2D eigenvalue weighted by Crippen LogP contribution is 2.03. The van der Waals surface area contributed by atoms with E-state index in [0.29, 0.717) is 6.54 Å². The van der Waals surface area contributed by atoms with E-state index in [1.54, 1.807) is 6.20 Å². The summed E-state index contributed by atoms with van der Waals surface area (Å²) in [7, 11) is 0. The van der Waals surface area contributed by atoms with Gasteiger partial charge >= 0.3 is 0 Å². The van der Waals surface area contributed by atoms with Crippen molar-refractivity contribution >= 4 is 5.82 Å². The van der Waals surface area contributed by atoms with Crippen LogP contribution in [0.3, 0.4) is 0 Å². The minimum Gasteiger partial charge on any atom is -1.00 e. The molecular weight excluding hydrogens is 238 g/mol. The van der Waals surface area contributed by atoms with Crippen LogP contribution in [-0.2, 0) is 6.54 Å². The standard InChI is InChI=1S/C11H10N5.ClH/c12-6-10-11(13)15-9(7-14-10)8-16-4-2-1-3-5-16;/h1-5,7H,8H2,(H2,13,15);1H/q+1;/p-1. The van der Waals surface area contributed by atoms with Crippen LogP contribution in [0.2, 0.25) is 0 Å². The fourth-order valence-corrected chi connectivity index (χ4v) is 1.33. The SMILES string of the molecule is N#Cc1ncc(C[n+]2ccccc2)nc1N.[Cl-]. The monoisotopic (exact) mass is 247 g/mol. The number of nitrogen functional groups attached to an aromatic ring is 1. The van der Waals surface area contributed by atoms with E-state index in [4.69, 9.17) is 11.0 Å². The van der Waals surface area contributed by atoms with Gasteiger partial charge in [-0.1, -0.05) is 6.07 Å². The summed E-state index contributed by atoms with van der Waals surface area (Å²) in [6, 6.07) is 7.68. The van der Waals surface area contributed by atoms with Gasteiger partial charge in [-0.25, -0.2) is 9.97 Å². The Kier molecular flexibility index (Phi) is 4.37. The smallest absolute Gasteiger partial charge is 0.192 e. The Morgan fingerprint density at radius 1 is 1.29 bits per heavy atom. The second-order valence-corrected chi connectivity index (χ2v) is 3.25. The minimum absolute atomic E-state index is 0. The van der Waals surface area contributed by atoms with Crippen LogP contribution in [0.5, 0.6) is 0 Å². The van der Waals surface area contributed by atoms with Crippen molar-refractivity contribution in [3.8, 4) is 6.07 Å². The van der Waals surface area contributed by atoms with E-state index >= 15 is 0 Å². The summed E-state index contributed by atoms with van der Waals surface area (Å²) in [5.41, 5.74) is 6.48. The molecule has 0 aliphatic rings. The van der Waals surface area contributed by atoms with Crippen LogP contribution < -0.4 is 22.7 Å². The maximum absolute atomic E-state index is 8.66. The number of halogens is 1. The Balaban J connectivity index is 0.00000144. The largest absolute Gasteiger partial charge is 1.00 e. The molecule has 5 nitrogen and oxygen atoms in total. The summed E-state index contributed by atoms with van der Waals surface area (Å²) in [6.07, 6.45) is 5.42.